The molecular weight excluding hydrogens is 154 g/mol. The van der Waals surface area contributed by atoms with Crippen LogP contribution in [0.4, 0.5) is 0 Å². The fourth-order valence-electron chi connectivity index (χ4n) is 0.743. The molecule has 0 bridgehead atoms. The first kappa shape index (κ1) is 12.4. The van der Waals surface area contributed by atoms with Crippen molar-refractivity contribution in [3.05, 3.63) is 0 Å². The van der Waals surface area contributed by atoms with E-state index in [1.54, 1.807) is 19.0 Å². The smallest absolute Gasteiger partial charge is 0.0586 e. The second-order valence-corrected chi connectivity index (χ2v) is 2.21. The number of carboxylic acids is 1. The van der Waals surface area contributed by atoms with E-state index >= 15 is 0 Å². The van der Waals surface area contributed by atoms with Gasteiger partial charge in [0.2, 0.25) is 0 Å². The number of hydrogen-bond donors (Lipinski definition) is 0. The molecule has 0 aromatic rings. The number of hydrogen-bond acceptors (Lipinski definition) is 3. The standard InChI is InChI=1S/C6H13NO2.ClH/c1-4-5(6(8)9)7(2)3;/h5H,4H2,1-3H3,(H,8,9);1H/p-1. The maximum atomic E-state index is 10.2. The van der Waals surface area contributed by atoms with E-state index in [1.165, 1.54) is 0 Å². The zero-order valence-corrected chi connectivity index (χ0v) is 7.27. The number of likely N-dealkylation sites (N-methyl/N-ethyl adjacent to an activating group) is 1. The first-order valence-corrected chi connectivity index (χ1v) is 2.96. The van der Waals surface area contributed by atoms with Crippen molar-refractivity contribution < 1.29 is 9.90 Å². The van der Waals surface area contributed by atoms with E-state index in [2.05, 4.69) is 0 Å². The molecule has 0 aliphatic carbocycles. The Kier molecular flexibility index (Phi) is 6.82. The van der Waals surface area contributed by atoms with Gasteiger partial charge in [-0.25, -0.2) is 0 Å². The molecule has 4 heteroatoms. The summed E-state index contributed by atoms with van der Waals surface area (Å²) in [5.74, 6) is -0.998. The minimum atomic E-state index is -0.998. The molecule has 0 saturated carbocycles. The van der Waals surface area contributed by atoms with Crippen LogP contribution in [0.15, 0.2) is 0 Å². The van der Waals surface area contributed by atoms with Gasteiger partial charge in [0.25, 0.3) is 0 Å². The fourth-order valence-corrected chi connectivity index (χ4v) is 0.743. The summed E-state index contributed by atoms with van der Waals surface area (Å²) in [5.41, 5.74) is 0. The van der Waals surface area contributed by atoms with Crippen molar-refractivity contribution in [2.24, 2.45) is 0 Å². The van der Waals surface area contributed by atoms with Gasteiger partial charge in [-0.1, -0.05) is 6.92 Å². The molecule has 0 saturated heterocycles. The third kappa shape index (κ3) is 3.69. The first-order chi connectivity index (χ1) is 4.09. The number of carbonyl (C=O) groups is 1. The highest BCUT2D eigenvalue weighted by Crippen LogP contribution is 1.95. The second-order valence-electron chi connectivity index (χ2n) is 2.21. The Balaban J connectivity index is 0. The minimum absolute atomic E-state index is 0. The molecule has 0 spiro atoms. The number of carbonyl (C=O) groups excluding carboxylic acids is 1. The summed E-state index contributed by atoms with van der Waals surface area (Å²) in [7, 11) is 3.45. The van der Waals surface area contributed by atoms with Crippen LogP contribution in [0.5, 0.6) is 0 Å². The summed E-state index contributed by atoms with van der Waals surface area (Å²) >= 11 is 0. The van der Waals surface area contributed by atoms with E-state index in [-0.39, 0.29) is 12.4 Å². The molecule has 0 rings (SSSR count). The van der Waals surface area contributed by atoms with E-state index in [1.807, 2.05) is 6.92 Å². The molecule has 1 atom stereocenters. The van der Waals surface area contributed by atoms with Gasteiger partial charge in [0.1, 0.15) is 0 Å². The lowest BCUT2D eigenvalue weighted by Gasteiger charge is -2.23. The monoisotopic (exact) mass is 166 g/mol. The lowest BCUT2D eigenvalue weighted by atomic mass is 10.2. The van der Waals surface area contributed by atoms with Crippen LogP contribution in [-0.4, -0.2) is 31.0 Å². The maximum Gasteiger partial charge on any atom is 0.0586 e. The summed E-state index contributed by atoms with van der Waals surface area (Å²) in [4.78, 5) is 11.9. The molecule has 0 radical (unpaired) electrons. The summed E-state index contributed by atoms with van der Waals surface area (Å²) in [5, 5.41) is 10.2. The molecule has 0 heterocycles. The topological polar surface area (TPSA) is 43.4 Å². The van der Waals surface area contributed by atoms with Crippen LogP contribution in [0.1, 0.15) is 13.3 Å². The number of halogens is 1. The normalized spacial score (nSPS) is 12.4. The van der Waals surface area contributed by atoms with Gasteiger partial charge in [-0.2, -0.15) is 0 Å². The van der Waals surface area contributed by atoms with Crippen LogP contribution in [0.3, 0.4) is 0 Å². The van der Waals surface area contributed by atoms with Gasteiger partial charge in [0.15, 0.2) is 0 Å². The molecule has 0 N–H and O–H groups in total. The summed E-state index contributed by atoms with van der Waals surface area (Å²) in [6, 6.07) is -0.440. The lowest BCUT2D eigenvalue weighted by Crippen LogP contribution is -2.44. The van der Waals surface area contributed by atoms with Crippen LogP contribution in [-0.2, 0) is 4.79 Å². The summed E-state index contributed by atoms with van der Waals surface area (Å²) in [6.07, 6.45) is 0.593. The highest BCUT2D eigenvalue weighted by Gasteiger charge is 2.07. The number of rotatable bonds is 3. The zero-order chi connectivity index (χ0) is 7.44. The Morgan fingerprint density at radius 2 is 2.00 bits per heavy atom. The van der Waals surface area contributed by atoms with Gasteiger partial charge in [0, 0.05) is 6.04 Å². The SMILES string of the molecule is CCC(C(=O)[O-])N(C)C.Cl. The largest absolute Gasteiger partial charge is 0.548 e. The van der Waals surface area contributed by atoms with Gasteiger partial charge in [0.05, 0.1) is 5.97 Å². The quantitative estimate of drug-likeness (QED) is 0.568. The molecule has 10 heavy (non-hydrogen) atoms. The highest BCUT2D eigenvalue weighted by atomic mass is 35.5. The molecular formula is C6H13ClNO2-. The zero-order valence-electron chi connectivity index (χ0n) is 6.46. The Morgan fingerprint density at radius 3 is 2.00 bits per heavy atom. The Labute approximate surface area is 67.4 Å². The van der Waals surface area contributed by atoms with Crippen LogP contribution in [0.2, 0.25) is 0 Å². The molecule has 0 fully saturated rings. The molecule has 0 aliphatic rings. The van der Waals surface area contributed by atoms with Crippen molar-refractivity contribution in [2.75, 3.05) is 14.1 Å². The molecule has 62 valence electrons. The van der Waals surface area contributed by atoms with E-state index in [4.69, 9.17) is 0 Å². The third-order valence-electron chi connectivity index (χ3n) is 1.28. The number of carboxylic acid groups (broad SMARTS) is 1. The maximum absolute atomic E-state index is 10.2. The van der Waals surface area contributed by atoms with E-state index in [0.717, 1.165) is 0 Å². The Bertz CT molecular complexity index is 106. The van der Waals surface area contributed by atoms with Gasteiger partial charge >= 0.3 is 0 Å². The highest BCUT2D eigenvalue weighted by molar-refractivity contribution is 5.85. The van der Waals surface area contributed by atoms with Gasteiger partial charge in [-0.05, 0) is 20.5 Å². The lowest BCUT2D eigenvalue weighted by molar-refractivity contribution is -0.311. The number of nitrogens with zero attached hydrogens (tertiary/aromatic N) is 1. The molecule has 0 amide bonds. The molecule has 1 unspecified atom stereocenters. The van der Waals surface area contributed by atoms with Gasteiger partial charge in [-0.15, -0.1) is 12.4 Å². The summed E-state index contributed by atoms with van der Waals surface area (Å²) < 4.78 is 0. The van der Waals surface area contributed by atoms with Crippen LogP contribution in [0, 0.1) is 0 Å². The predicted octanol–water partition coefficient (Wildman–Crippen LogP) is -0.502. The average Bonchev–Trinajstić information content (AvgIpc) is 1.64. The van der Waals surface area contributed by atoms with E-state index in [0.29, 0.717) is 6.42 Å². The summed E-state index contributed by atoms with van der Waals surface area (Å²) in [6.45, 7) is 1.82. The molecule has 0 aromatic heterocycles. The van der Waals surface area contributed by atoms with Crippen LogP contribution >= 0.6 is 12.4 Å². The van der Waals surface area contributed by atoms with Crippen molar-refractivity contribution in [3.8, 4) is 0 Å². The van der Waals surface area contributed by atoms with Crippen molar-refractivity contribution in [1.82, 2.24) is 4.90 Å². The second kappa shape index (κ2) is 5.50. The fraction of sp³-hybridized carbons (Fsp3) is 0.833. The van der Waals surface area contributed by atoms with Crippen molar-refractivity contribution in [2.45, 2.75) is 19.4 Å². The molecule has 3 nitrogen and oxygen atoms in total. The number of aliphatic carboxylic acids is 1. The van der Waals surface area contributed by atoms with Gasteiger partial charge in [-0.3, -0.25) is 0 Å². The van der Waals surface area contributed by atoms with Crippen molar-refractivity contribution >= 4 is 18.4 Å². The van der Waals surface area contributed by atoms with E-state index < -0.39 is 12.0 Å². The van der Waals surface area contributed by atoms with Crippen LogP contribution < -0.4 is 5.11 Å². The third-order valence-corrected chi connectivity index (χ3v) is 1.28. The average molecular weight is 167 g/mol. The Morgan fingerprint density at radius 1 is 1.60 bits per heavy atom. The van der Waals surface area contributed by atoms with Crippen molar-refractivity contribution in [1.29, 1.82) is 0 Å². The first-order valence-electron chi connectivity index (χ1n) is 2.96. The Hall–Kier alpha value is -0.280. The molecule has 0 aromatic carbocycles. The minimum Gasteiger partial charge on any atom is -0.548 e. The van der Waals surface area contributed by atoms with Crippen molar-refractivity contribution in [3.63, 3.8) is 0 Å². The van der Waals surface area contributed by atoms with Crippen LogP contribution in [0.25, 0.3) is 0 Å². The predicted molar refractivity (Wildman–Crippen MR) is 40.0 cm³/mol. The van der Waals surface area contributed by atoms with E-state index in [9.17, 15) is 9.90 Å². The molecule has 0 aliphatic heterocycles. The van der Waals surface area contributed by atoms with Gasteiger partial charge < -0.3 is 14.8 Å².